The maximum atomic E-state index is 12.3. The first kappa shape index (κ1) is 22.9. The van der Waals surface area contributed by atoms with Gasteiger partial charge in [-0.05, 0) is 54.3 Å². The van der Waals surface area contributed by atoms with Gasteiger partial charge in [0.15, 0.2) is 17.2 Å². The number of rotatable bonds is 10. The number of hydrogen-bond acceptors (Lipinski definition) is 7. The normalized spacial score (nSPS) is 14.2. The van der Waals surface area contributed by atoms with Crippen molar-refractivity contribution in [3.63, 3.8) is 0 Å². The third kappa shape index (κ3) is 5.94. The summed E-state index contributed by atoms with van der Waals surface area (Å²) in [4.78, 5) is 17.4. The van der Waals surface area contributed by atoms with Crippen LogP contribution in [0.4, 0.5) is 0 Å². The average molecular weight is 484 g/mol. The molecule has 0 bridgehead atoms. The highest BCUT2D eigenvalue weighted by atomic mass is 35.5. The van der Waals surface area contributed by atoms with Gasteiger partial charge in [0.25, 0.3) is 0 Å². The van der Waals surface area contributed by atoms with E-state index in [1.807, 2.05) is 54.8 Å². The van der Waals surface area contributed by atoms with Crippen LogP contribution >= 0.6 is 22.9 Å². The van der Waals surface area contributed by atoms with Crippen molar-refractivity contribution in [3.8, 4) is 17.2 Å². The van der Waals surface area contributed by atoms with Gasteiger partial charge >= 0.3 is 5.97 Å². The molecule has 0 atom stereocenters. The monoisotopic (exact) mass is 483 g/mol. The molecular formula is C25H22ClNO5S. The van der Waals surface area contributed by atoms with Gasteiger partial charge in [-0.2, -0.15) is 0 Å². The third-order valence-electron chi connectivity index (χ3n) is 4.53. The number of para-hydroxylation sites is 1. The van der Waals surface area contributed by atoms with Crippen molar-refractivity contribution in [2.75, 3.05) is 19.8 Å². The number of hydrogen-bond donors (Lipinski definition) is 0. The molecular weight excluding hydrogens is 462 g/mol. The molecule has 1 aliphatic rings. The molecule has 6 nitrogen and oxygen atoms in total. The number of carbonyl (C=O) groups excluding carboxylic acids is 1. The molecule has 2 aromatic carbocycles. The van der Waals surface area contributed by atoms with Gasteiger partial charge in [0.2, 0.25) is 5.90 Å². The van der Waals surface area contributed by atoms with Crippen LogP contribution in [0.2, 0.25) is 5.02 Å². The largest absolute Gasteiger partial charge is 0.493 e. The van der Waals surface area contributed by atoms with Crippen LogP contribution in [0.1, 0.15) is 23.8 Å². The highest BCUT2D eigenvalue weighted by Crippen LogP contribution is 2.37. The van der Waals surface area contributed by atoms with E-state index in [0.29, 0.717) is 54.2 Å². The molecule has 1 aromatic heterocycles. The van der Waals surface area contributed by atoms with Gasteiger partial charge in [0, 0.05) is 6.42 Å². The summed E-state index contributed by atoms with van der Waals surface area (Å²) in [5.74, 6) is 1.56. The fourth-order valence-electron chi connectivity index (χ4n) is 3.09. The zero-order valence-electron chi connectivity index (χ0n) is 18.0. The lowest BCUT2D eigenvalue weighted by molar-refractivity contribution is -0.129. The summed E-state index contributed by atoms with van der Waals surface area (Å²) in [5, 5.41) is 2.28. The first-order valence-electron chi connectivity index (χ1n) is 10.5. The predicted octanol–water partition coefficient (Wildman–Crippen LogP) is 5.99. The summed E-state index contributed by atoms with van der Waals surface area (Å²) >= 11 is 7.95. The third-order valence-corrected chi connectivity index (χ3v) is 5.67. The summed E-state index contributed by atoms with van der Waals surface area (Å²) in [6.45, 7) is 3.24. The van der Waals surface area contributed by atoms with Crippen molar-refractivity contribution in [1.82, 2.24) is 0 Å². The summed E-state index contributed by atoms with van der Waals surface area (Å²) in [6.07, 6.45) is 2.30. The molecule has 33 heavy (non-hydrogen) atoms. The Morgan fingerprint density at radius 2 is 1.88 bits per heavy atom. The van der Waals surface area contributed by atoms with E-state index < -0.39 is 5.97 Å². The number of benzene rings is 2. The second-order valence-corrected chi connectivity index (χ2v) is 8.29. The molecule has 0 spiro atoms. The molecule has 8 heteroatoms. The fourth-order valence-corrected chi connectivity index (χ4v) is 4.01. The topological polar surface area (TPSA) is 66.4 Å². The van der Waals surface area contributed by atoms with E-state index >= 15 is 0 Å². The Labute approximate surface area is 201 Å². The van der Waals surface area contributed by atoms with E-state index in [2.05, 4.69) is 4.99 Å². The Bertz CT molecular complexity index is 1160. The molecule has 0 saturated heterocycles. The number of ether oxygens (including phenoxy) is 4. The van der Waals surface area contributed by atoms with Crippen molar-refractivity contribution in [1.29, 1.82) is 0 Å². The summed E-state index contributed by atoms with van der Waals surface area (Å²) in [7, 11) is 0. The lowest BCUT2D eigenvalue weighted by Gasteiger charge is -2.15. The summed E-state index contributed by atoms with van der Waals surface area (Å²) in [5.41, 5.74) is 0.856. The van der Waals surface area contributed by atoms with Gasteiger partial charge in [-0.1, -0.05) is 35.9 Å². The number of cyclic esters (lactones) is 1. The van der Waals surface area contributed by atoms with Crippen LogP contribution in [-0.2, 0) is 9.53 Å². The zero-order valence-corrected chi connectivity index (χ0v) is 19.5. The lowest BCUT2D eigenvalue weighted by Crippen LogP contribution is -2.06. The number of aliphatic imine (C=N–C) groups is 1. The average Bonchev–Trinajstić information content (AvgIpc) is 3.46. The van der Waals surface area contributed by atoms with E-state index in [-0.39, 0.29) is 5.70 Å². The van der Waals surface area contributed by atoms with Gasteiger partial charge in [0.05, 0.1) is 29.7 Å². The number of halogens is 1. The summed E-state index contributed by atoms with van der Waals surface area (Å²) < 4.78 is 22.6. The Kier molecular flexibility index (Phi) is 7.65. The van der Waals surface area contributed by atoms with E-state index in [0.717, 1.165) is 10.6 Å². The van der Waals surface area contributed by atoms with Gasteiger partial charge in [-0.3, -0.25) is 0 Å². The Morgan fingerprint density at radius 3 is 2.64 bits per heavy atom. The smallest absolute Gasteiger partial charge is 0.363 e. The minimum absolute atomic E-state index is 0.198. The molecule has 0 fully saturated rings. The van der Waals surface area contributed by atoms with Crippen LogP contribution in [0.25, 0.3) is 6.08 Å². The van der Waals surface area contributed by atoms with Gasteiger partial charge < -0.3 is 18.9 Å². The minimum Gasteiger partial charge on any atom is -0.493 e. The van der Waals surface area contributed by atoms with Gasteiger partial charge in [0.1, 0.15) is 5.75 Å². The maximum Gasteiger partial charge on any atom is 0.363 e. The van der Waals surface area contributed by atoms with Crippen LogP contribution in [0.3, 0.4) is 0 Å². The second kappa shape index (κ2) is 11.0. The summed E-state index contributed by atoms with van der Waals surface area (Å²) in [6, 6.07) is 16.8. The Balaban J connectivity index is 1.44. The number of nitrogens with zero attached hydrogens (tertiary/aromatic N) is 1. The lowest BCUT2D eigenvalue weighted by atomic mass is 10.1. The first-order chi connectivity index (χ1) is 16.1. The number of carbonyl (C=O) groups is 1. The number of thiophene rings is 1. The molecule has 0 radical (unpaired) electrons. The fraction of sp³-hybridized carbons (Fsp3) is 0.200. The first-order valence-corrected chi connectivity index (χ1v) is 11.7. The van der Waals surface area contributed by atoms with Crippen LogP contribution < -0.4 is 14.2 Å². The number of esters is 1. The van der Waals surface area contributed by atoms with Crippen LogP contribution in [0, 0.1) is 0 Å². The molecule has 3 aromatic rings. The van der Waals surface area contributed by atoms with E-state index in [1.54, 1.807) is 18.2 Å². The van der Waals surface area contributed by atoms with Crippen molar-refractivity contribution in [2.24, 2.45) is 4.99 Å². The molecule has 0 saturated carbocycles. The highest BCUT2D eigenvalue weighted by Gasteiger charge is 2.25. The molecule has 2 heterocycles. The van der Waals surface area contributed by atoms with Gasteiger partial charge in [-0.15, -0.1) is 11.3 Å². The molecule has 0 aliphatic carbocycles. The zero-order chi connectivity index (χ0) is 23.0. The van der Waals surface area contributed by atoms with E-state index in [9.17, 15) is 4.79 Å². The second-order valence-electron chi connectivity index (χ2n) is 6.94. The van der Waals surface area contributed by atoms with E-state index in [4.69, 9.17) is 30.5 Å². The van der Waals surface area contributed by atoms with Crippen molar-refractivity contribution in [2.45, 2.75) is 13.3 Å². The van der Waals surface area contributed by atoms with Crippen LogP contribution in [0.5, 0.6) is 17.2 Å². The molecule has 0 N–H and O–H groups in total. The van der Waals surface area contributed by atoms with Gasteiger partial charge in [-0.25, -0.2) is 9.79 Å². The SMILES string of the molecule is CCOc1cc(/C=C2/N=C(c3cccs3)OC2=O)cc(Cl)c1OCCCOc1ccccc1. The standard InChI is InChI=1S/C25H22ClNO5S/c1-2-29-21-16-17(15-20-25(28)32-24(27-20)22-10-6-13-33-22)14-19(26)23(21)31-12-7-11-30-18-8-4-3-5-9-18/h3-6,8-10,13-16H,2,7,11-12H2,1H3/b20-15+. The molecule has 4 rings (SSSR count). The van der Waals surface area contributed by atoms with Crippen LogP contribution in [0.15, 0.2) is 70.7 Å². The van der Waals surface area contributed by atoms with Crippen molar-refractivity contribution >= 4 is 40.9 Å². The molecule has 1 aliphatic heterocycles. The van der Waals surface area contributed by atoms with Crippen molar-refractivity contribution < 1.29 is 23.7 Å². The molecule has 0 amide bonds. The van der Waals surface area contributed by atoms with E-state index in [1.165, 1.54) is 11.3 Å². The Hall–Kier alpha value is -3.29. The van der Waals surface area contributed by atoms with Crippen LogP contribution in [-0.4, -0.2) is 31.7 Å². The quantitative estimate of drug-likeness (QED) is 0.201. The highest BCUT2D eigenvalue weighted by molar-refractivity contribution is 7.12. The maximum absolute atomic E-state index is 12.3. The Morgan fingerprint density at radius 1 is 1.06 bits per heavy atom. The molecule has 0 unspecified atom stereocenters. The predicted molar refractivity (Wildman–Crippen MR) is 130 cm³/mol. The minimum atomic E-state index is -0.508. The van der Waals surface area contributed by atoms with Crippen molar-refractivity contribution in [3.05, 3.63) is 81.1 Å². The molecule has 170 valence electrons.